The number of hydrogen-bond acceptors (Lipinski definition) is 3. The van der Waals surface area contributed by atoms with Gasteiger partial charge in [0.05, 0.1) is 6.10 Å². The van der Waals surface area contributed by atoms with Gasteiger partial charge in [-0.05, 0) is 25.7 Å². The van der Waals surface area contributed by atoms with Crippen LogP contribution >= 0.6 is 0 Å². The molecule has 2 N–H and O–H groups in total. The van der Waals surface area contributed by atoms with E-state index >= 15 is 0 Å². The molecule has 0 aromatic carbocycles. The van der Waals surface area contributed by atoms with Crippen molar-refractivity contribution in [1.29, 1.82) is 0 Å². The Morgan fingerprint density at radius 1 is 1.00 bits per heavy atom. The molecule has 2 aliphatic rings. The van der Waals surface area contributed by atoms with E-state index in [1.807, 2.05) is 0 Å². The van der Waals surface area contributed by atoms with Crippen molar-refractivity contribution in [1.82, 2.24) is 10.6 Å². The van der Waals surface area contributed by atoms with E-state index < -0.39 is 0 Å². The monoisotopic (exact) mass is 212 g/mol. The van der Waals surface area contributed by atoms with Crippen molar-refractivity contribution in [3.05, 3.63) is 0 Å². The largest absolute Gasteiger partial charge is 0.377 e. The first kappa shape index (κ1) is 11.4. The van der Waals surface area contributed by atoms with E-state index in [-0.39, 0.29) is 0 Å². The van der Waals surface area contributed by atoms with Crippen molar-refractivity contribution in [3.8, 4) is 0 Å². The van der Waals surface area contributed by atoms with Gasteiger partial charge in [0.25, 0.3) is 0 Å². The van der Waals surface area contributed by atoms with Crippen molar-refractivity contribution in [2.75, 3.05) is 26.2 Å². The van der Waals surface area contributed by atoms with Gasteiger partial charge in [0.1, 0.15) is 0 Å². The third kappa shape index (κ3) is 4.09. The Hall–Kier alpha value is -0.120. The van der Waals surface area contributed by atoms with Crippen LogP contribution in [0.2, 0.25) is 0 Å². The Morgan fingerprint density at radius 2 is 1.87 bits per heavy atom. The standard InChI is InChI=1S/C12H24N2O/c1-2-5-11(4-1)14-8-7-13-10-12-6-3-9-15-12/h11-14H,1-10H2. The Morgan fingerprint density at radius 3 is 2.60 bits per heavy atom. The Labute approximate surface area is 93.0 Å². The van der Waals surface area contributed by atoms with Crippen LogP contribution in [0.15, 0.2) is 0 Å². The highest BCUT2D eigenvalue weighted by atomic mass is 16.5. The second-order valence-electron chi connectivity index (χ2n) is 4.77. The lowest BCUT2D eigenvalue weighted by Crippen LogP contribution is -2.36. The summed E-state index contributed by atoms with van der Waals surface area (Å²) in [4.78, 5) is 0. The van der Waals surface area contributed by atoms with Crippen LogP contribution < -0.4 is 10.6 Å². The first-order valence-electron chi connectivity index (χ1n) is 6.51. The third-order valence-electron chi connectivity index (χ3n) is 3.49. The number of ether oxygens (including phenoxy) is 1. The lowest BCUT2D eigenvalue weighted by atomic mass is 10.2. The van der Waals surface area contributed by atoms with Gasteiger partial charge < -0.3 is 15.4 Å². The fraction of sp³-hybridized carbons (Fsp3) is 1.00. The minimum atomic E-state index is 0.483. The lowest BCUT2D eigenvalue weighted by molar-refractivity contribution is 0.110. The van der Waals surface area contributed by atoms with Crippen LogP contribution in [0.4, 0.5) is 0 Å². The summed E-state index contributed by atoms with van der Waals surface area (Å²) < 4.78 is 5.55. The SMILES string of the molecule is C1CCC(NCCNCC2CCCO2)C1. The summed E-state index contributed by atoms with van der Waals surface area (Å²) in [7, 11) is 0. The predicted molar refractivity (Wildman–Crippen MR) is 62.1 cm³/mol. The van der Waals surface area contributed by atoms with Crippen molar-refractivity contribution in [2.24, 2.45) is 0 Å². The van der Waals surface area contributed by atoms with Crippen molar-refractivity contribution < 1.29 is 4.74 Å². The topological polar surface area (TPSA) is 33.3 Å². The summed E-state index contributed by atoms with van der Waals surface area (Å²) in [5.74, 6) is 0. The normalized spacial score (nSPS) is 27.6. The van der Waals surface area contributed by atoms with E-state index in [0.29, 0.717) is 6.10 Å². The maximum atomic E-state index is 5.55. The minimum absolute atomic E-state index is 0.483. The Kier molecular flexibility index (Phi) is 4.90. The predicted octanol–water partition coefficient (Wildman–Crippen LogP) is 1.29. The van der Waals surface area contributed by atoms with E-state index in [4.69, 9.17) is 4.74 Å². The maximum Gasteiger partial charge on any atom is 0.0700 e. The van der Waals surface area contributed by atoms with E-state index in [9.17, 15) is 0 Å². The van der Waals surface area contributed by atoms with E-state index in [2.05, 4.69) is 10.6 Å². The van der Waals surface area contributed by atoms with E-state index in [1.54, 1.807) is 0 Å². The maximum absolute atomic E-state index is 5.55. The molecule has 1 saturated heterocycles. The minimum Gasteiger partial charge on any atom is -0.377 e. The molecule has 1 aliphatic carbocycles. The van der Waals surface area contributed by atoms with Gasteiger partial charge in [0.15, 0.2) is 0 Å². The summed E-state index contributed by atoms with van der Waals surface area (Å²) >= 11 is 0. The molecule has 1 saturated carbocycles. The van der Waals surface area contributed by atoms with Gasteiger partial charge in [-0.1, -0.05) is 12.8 Å². The molecule has 1 unspecified atom stereocenters. The summed E-state index contributed by atoms with van der Waals surface area (Å²) in [5, 5.41) is 7.07. The lowest BCUT2D eigenvalue weighted by Gasteiger charge is -2.13. The first-order chi connectivity index (χ1) is 7.45. The van der Waals surface area contributed by atoms with Crippen LogP contribution in [0.25, 0.3) is 0 Å². The molecule has 0 amide bonds. The highest BCUT2D eigenvalue weighted by molar-refractivity contribution is 4.74. The molecule has 1 aliphatic heterocycles. The average molecular weight is 212 g/mol. The molecule has 15 heavy (non-hydrogen) atoms. The molecular weight excluding hydrogens is 188 g/mol. The van der Waals surface area contributed by atoms with Crippen LogP contribution in [0.5, 0.6) is 0 Å². The summed E-state index contributed by atoms with van der Waals surface area (Å²) in [6, 6.07) is 0.800. The molecule has 0 spiro atoms. The molecule has 3 heteroatoms. The molecule has 3 nitrogen and oxygen atoms in total. The van der Waals surface area contributed by atoms with Gasteiger partial charge >= 0.3 is 0 Å². The molecule has 0 radical (unpaired) electrons. The van der Waals surface area contributed by atoms with Crippen LogP contribution in [0.3, 0.4) is 0 Å². The smallest absolute Gasteiger partial charge is 0.0700 e. The average Bonchev–Trinajstić information content (AvgIpc) is 2.88. The highest BCUT2D eigenvalue weighted by Gasteiger charge is 2.15. The third-order valence-corrected chi connectivity index (χ3v) is 3.49. The molecule has 0 aromatic rings. The van der Waals surface area contributed by atoms with Crippen molar-refractivity contribution in [3.63, 3.8) is 0 Å². The van der Waals surface area contributed by atoms with Crippen molar-refractivity contribution >= 4 is 0 Å². The molecule has 1 atom stereocenters. The first-order valence-corrected chi connectivity index (χ1v) is 6.51. The summed E-state index contributed by atoms with van der Waals surface area (Å²) in [5.41, 5.74) is 0. The van der Waals surface area contributed by atoms with E-state index in [1.165, 1.54) is 38.5 Å². The fourth-order valence-corrected chi connectivity index (χ4v) is 2.56. The molecule has 2 fully saturated rings. The molecule has 1 heterocycles. The summed E-state index contributed by atoms with van der Waals surface area (Å²) in [6.07, 6.45) is 8.56. The second-order valence-corrected chi connectivity index (χ2v) is 4.77. The Bertz CT molecular complexity index is 145. The summed E-state index contributed by atoms with van der Waals surface area (Å²) in [6.45, 7) is 4.19. The van der Waals surface area contributed by atoms with Crippen LogP contribution in [-0.2, 0) is 4.74 Å². The zero-order chi connectivity index (χ0) is 10.3. The quantitative estimate of drug-likeness (QED) is 0.651. The molecule has 88 valence electrons. The van der Waals surface area contributed by atoms with Crippen molar-refractivity contribution in [2.45, 2.75) is 50.7 Å². The Balaban J connectivity index is 1.41. The molecule has 2 rings (SSSR count). The van der Waals surface area contributed by atoms with Gasteiger partial charge in [-0.3, -0.25) is 0 Å². The van der Waals surface area contributed by atoms with Gasteiger partial charge in [-0.15, -0.1) is 0 Å². The van der Waals surface area contributed by atoms with Crippen LogP contribution in [0, 0.1) is 0 Å². The van der Waals surface area contributed by atoms with Crippen LogP contribution in [-0.4, -0.2) is 38.4 Å². The van der Waals surface area contributed by atoms with Gasteiger partial charge in [0, 0.05) is 32.3 Å². The number of rotatable bonds is 6. The number of nitrogens with one attached hydrogen (secondary N) is 2. The highest BCUT2D eigenvalue weighted by Crippen LogP contribution is 2.17. The fourth-order valence-electron chi connectivity index (χ4n) is 2.56. The van der Waals surface area contributed by atoms with Gasteiger partial charge in [-0.25, -0.2) is 0 Å². The zero-order valence-electron chi connectivity index (χ0n) is 9.63. The van der Waals surface area contributed by atoms with Gasteiger partial charge in [0.2, 0.25) is 0 Å². The molecule has 0 aromatic heterocycles. The molecular formula is C12H24N2O. The zero-order valence-corrected chi connectivity index (χ0v) is 9.63. The van der Waals surface area contributed by atoms with Crippen LogP contribution in [0.1, 0.15) is 38.5 Å². The van der Waals surface area contributed by atoms with E-state index in [0.717, 1.165) is 32.3 Å². The number of hydrogen-bond donors (Lipinski definition) is 2. The second kappa shape index (κ2) is 6.46. The van der Waals surface area contributed by atoms with Gasteiger partial charge in [-0.2, -0.15) is 0 Å². The molecule has 0 bridgehead atoms.